The van der Waals surface area contributed by atoms with E-state index in [0.29, 0.717) is 37.8 Å². The third-order valence-corrected chi connectivity index (χ3v) is 7.83. The van der Waals surface area contributed by atoms with Gasteiger partial charge in [-0.25, -0.2) is 8.42 Å². The van der Waals surface area contributed by atoms with Gasteiger partial charge in [0.25, 0.3) is 0 Å². The largest absolute Gasteiger partial charge is 0.486 e. The standard InChI is InChI=1S/C20H24N2O4S2/c1-27-17-4-2-16(3-5-17)15-21-8-10-22(11-9-21)28(23,24)18-6-7-19-20(14-18)26-13-12-25-19/h2-7,14H,8-13,15H2,1H3/p+1. The van der Waals surface area contributed by atoms with E-state index in [1.54, 1.807) is 34.3 Å². The molecule has 1 fully saturated rings. The number of ether oxygens (including phenoxy) is 2. The van der Waals surface area contributed by atoms with Crippen LogP contribution in [0.3, 0.4) is 0 Å². The Morgan fingerprint density at radius 1 is 1.00 bits per heavy atom. The van der Waals surface area contributed by atoms with Crippen molar-refractivity contribution in [1.29, 1.82) is 0 Å². The van der Waals surface area contributed by atoms with Crippen LogP contribution in [0.2, 0.25) is 0 Å². The van der Waals surface area contributed by atoms with E-state index in [1.165, 1.54) is 15.4 Å². The molecule has 2 aromatic carbocycles. The fourth-order valence-corrected chi connectivity index (χ4v) is 5.45. The van der Waals surface area contributed by atoms with Crippen molar-refractivity contribution in [2.45, 2.75) is 16.3 Å². The van der Waals surface area contributed by atoms with Gasteiger partial charge < -0.3 is 14.4 Å². The molecular formula is C20H25N2O4S2+. The highest BCUT2D eigenvalue weighted by atomic mass is 32.2. The lowest BCUT2D eigenvalue weighted by Gasteiger charge is -2.31. The Morgan fingerprint density at radius 3 is 2.36 bits per heavy atom. The summed E-state index contributed by atoms with van der Waals surface area (Å²) in [5.41, 5.74) is 1.29. The predicted octanol–water partition coefficient (Wildman–Crippen LogP) is 1.27. The third kappa shape index (κ3) is 4.15. The zero-order valence-electron chi connectivity index (χ0n) is 15.9. The highest BCUT2D eigenvalue weighted by Gasteiger charge is 2.31. The van der Waals surface area contributed by atoms with Crippen LogP contribution in [0.15, 0.2) is 52.3 Å². The Hall–Kier alpha value is -1.74. The highest BCUT2D eigenvalue weighted by molar-refractivity contribution is 7.98. The number of sulfonamides is 1. The smallest absolute Gasteiger partial charge is 0.243 e. The van der Waals surface area contributed by atoms with E-state index in [1.807, 2.05) is 0 Å². The first-order valence-corrected chi connectivity index (χ1v) is 12.1. The molecule has 0 amide bonds. The maximum absolute atomic E-state index is 13.0. The number of nitrogens with zero attached hydrogens (tertiary/aromatic N) is 1. The van der Waals surface area contributed by atoms with Crippen LogP contribution in [0.5, 0.6) is 11.5 Å². The highest BCUT2D eigenvalue weighted by Crippen LogP contribution is 2.33. The number of nitrogens with one attached hydrogen (secondary N) is 1. The first-order chi connectivity index (χ1) is 13.6. The van der Waals surface area contributed by atoms with Gasteiger partial charge in [0.2, 0.25) is 10.0 Å². The Balaban J connectivity index is 1.39. The van der Waals surface area contributed by atoms with Crippen LogP contribution in [-0.4, -0.2) is 58.4 Å². The van der Waals surface area contributed by atoms with Gasteiger partial charge in [-0.3, -0.25) is 0 Å². The first-order valence-electron chi connectivity index (χ1n) is 9.42. The fourth-order valence-electron chi connectivity index (χ4n) is 3.58. The summed E-state index contributed by atoms with van der Waals surface area (Å²) in [6.45, 7) is 4.50. The number of hydrogen-bond acceptors (Lipinski definition) is 5. The van der Waals surface area contributed by atoms with Crippen LogP contribution in [0.1, 0.15) is 5.56 Å². The minimum Gasteiger partial charge on any atom is -0.486 e. The van der Waals surface area contributed by atoms with Crippen LogP contribution in [0, 0.1) is 0 Å². The minimum absolute atomic E-state index is 0.271. The molecule has 2 aromatic rings. The van der Waals surface area contributed by atoms with Gasteiger partial charge in [0.15, 0.2) is 11.5 Å². The van der Waals surface area contributed by atoms with E-state index in [2.05, 4.69) is 30.5 Å². The number of quaternary nitrogens is 1. The van der Waals surface area contributed by atoms with Gasteiger partial charge in [-0.1, -0.05) is 12.1 Å². The Kier molecular flexibility index (Phi) is 5.82. The average molecular weight is 422 g/mol. The lowest BCUT2D eigenvalue weighted by atomic mass is 10.2. The Morgan fingerprint density at radius 2 is 1.68 bits per heavy atom. The monoisotopic (exact) mass is 421 g/mol. The van der Waals surface area contributed by atoms with Crippen molar-refractivity contribution in [3.8, 4) is 11.5 Å². The second-order valence-electron chi connectivity index (χ2n) is 6.98. The van der Waals surface area contributed by atoms with E-state index < -0.39 is 10.0 Å². The molecule has 0 aromatic heterocycles. The van der Waals surface area contributed by atoms with Crippen molar-refractivity contribution in [1.82, 2.24) is 4.31 Å². The summed E-state index contributed by atoms with van der Waals surface area (Å²) in [5, 5.41) is 0. The molecular weight excluding hydrogens is 396 g/mol. The van der Waals surface area contributed by atoms with Gasteiger partial charge in [-0.05, 0) is 30.5 Å². The number of thioether (sulfide) groups is 1. The van der Waals surface area contributed by atoms with Crippen LogP contribution in [-0.2, 0) is 16.6 Å². The summed E-state index contributed by atoms with van der Waals surface area (Å²) in [4.78, 5) is 2.94. The summed E-state index contributed by atoms with van der Waals surface area (Å²) in [6, 6.07) is 13.5. The second-order valence-corrected chi connectivity index (χ2v) is 9.80. The Bertz CT molecular complexity index is 924. The molecule has 28 heavy (non-hydrogen) atoms. The van der Waals surface area contributed by atoms with Crippen molar-refractivity contribution in [2.24, 2.45) is 0 Å². The number of piperazine rings is 1. The van der Waals surface area contributed by atoms with Gasteiger partial charge in [0.05, 0.1) is 31.1 Å². The molecule has 0 unspecified atom stereocenters. The molecule has 1 saturated heterocycles. The van der Waals surface area contributed by atoms with Crippen molar-refractivity contribution >= 4 is 21.8 Å². The molecule has 8 heteroatoms. The maximum Gasteiger partial charge on any atom is 0.243 e. The van der Waals surface area contributed by atoms with Crippen LogP contribution in [0.4, 0.5) is 0 Å². The summed E-state index contributed by atoms with van der Waals surface area (Å²) in [7, 11) is -3.52. The summed E-state index contributed by atoms with van der Waals surface area (Å²) in [5.74, 6) is 1.11. The van der Waals surface area contributed by atoms with Crippen LogP contribution >= 0.6 is 11.8 Å². The van der Waals surface area contributed by atoms with E-state index in [-0.39, 0.29) is 4.90 Å². The quantitative estimate of drug-likeness (QED) is 0.737. The van der Waals surface area contributed by atoms with E-state index in [0.717, 1.165) is 19.6 Å². The molecule has 2 aliphatic heterocycles. The molecule has 0 aliphatic carbocycles. The molecule has 0 saturated carbocycles. The van der Waals surface area contributed by atoms with E-state index in [4.69, 9.17) is 9.47 Å². The molecule has 4 rings (SSSR count). The second kappa shape index (κ2) is 8.32. The molecule has 0 spiro atoms. The summed E-state index contributed by atoms with van der Waals surface area (Å²) < 4.78 is 38.7. The number of rotatable bonds is 5. The third-order valence-electron chi connectivity index (χ3n) is 5.19. The molecule has 1 N–H and O–H groups in total. The normalized spacial score (nSPS) is 18.2. The number of hydrogen-bond donors (Lipinski definition) is 1. The molecule has 0 atom stereocenters. The molecule has 0 bridgehead atoms. The zero-order chi connectivity index (χ0) is 19.6. The lowest BCUT2D eigenvalue weighted by Crippen LogP contribution is -3.13. The van der Waals surface area contributed by atoms with Gasteiger partial charge in [-0.2, -0.15) is 4.31 Å². The van der Waals surface area contributed by atoms with Crippen molar-refractivity contribution < 1.29 is 22.8 Å². The van der Waals surface area contributed by atoms with Crippen molar-refractivity contribution in [2.75, 3.05) is 45.6 Å². The minimum atomic E-state index is -3.52. The first kappa shape index (κ1) is 19.6. The van der Waals surface area contributed by atoms with Gasteiger partial charge in [0.1, 0.15) is 19.8 Å². The van der Waals surface area contributed by atoms with E-state index >= 15 is 0 Å². The summed E-state index contributed by atoms with van der Waals surface area (Å²) >= 11 is 1.74. The van der Waals surface area contributed by atoms with Gasteiger partial charge >= 0.3 is 0 Å². The van der Waals surface area contributed by atoms with Crippen molar-refractivity contribution in [3.05, 3.63) is 48.0 Å². The predicted molar refractivity (Wildman–Crippen MR) is 109 cm³/mol. The topological polar surface area (TPSA) is 60.3 Å². The average Bonchev–Trinajstić information content (AvgIpc) is 2.74. The zero-order valence-corrected chi connectivity index (χ0v) is 17.5. The fraction of sp³-hybridized carbons (Fsp3) is 0.400. The lowest BCUT2D eigenvalue weighted by molar-refractivity contribution is -0.917. The van der Waals surface area contributed by atoms with Crippen LogP contribution in [0.25, 0.3) is 0 Å². The molecule has 2 aliphatic rings. The van der Waals surface area contributed by atoms with Crippen LogP contribution < -0.4 is 14.4 Å². The molecule has 2 heterocycles. The number of fused-ring (bicyclic) bond motifs is 1. The Labute approximate surface area is 170 Å². The summed E-state index contributed by atoms with van der Waals surface area (Å²) in [6.07, 6.45) is 2.07. The molecule has 150 valence electrons. The van der Waals surface area contributed by atoms with E-state index in [9.17, 15) is 8.42 Å². The maximum atomic E-state index is 13.0. The molecule has 0 radical (unpaired) electrons. The number of benzene rings is 2. The molecule has 6 nitrogen and oxygen atoms in total. The van der Waals surface area contributed by atoms with Gasteiger partial charge in [-0.15, -0.1) is 11.8 Å². The SMILES string of the molecule is CSc1ccc(C[NH+]2CCN(S(=O)(=O)c3ccc4c(c3)OCCO4)CC2)cc1. The van der Waals surface area contributed by atoms with Gasteiger partial charge in [0, 0.05) is 16.5 Å². The van der Waals surface area contributed by atoms with Crippen molar-refractivity contribution in [3.63, 3.8) is 0 Å².